The Morgan fingerprint density at radius 3 is 2.73 bits per heavy atom. The minimum Gasteiger partial charge on any atom is -0.486 e. The van der Waals surface area contributed by atoms with Crippen molar-refractivity contribution in [2.45, 2.75) is 32.2 Å². The number of carbonyl (C=O) groups excluding carboxylic acids is 1. The molecule has 1 aromatic heterocycles. The molecule has 3 rings (SSSR count). The van der Waals surface area contributed by atoms with Gasteiger partial charge >= 0.3 is 0 Å². The number of amides is 1. The molecule has 10 heteroatoms. The maximum Gasteiger partial charge on any atom is 0.234 e. The van der Waals surface area contributed by atoms with Crippen molar-refractivity contribution in [3.8, 4) is 5.75 Å². The van der Waals surface area contributed by atoms with E-state index in [0.717, 1.165) is 23.4 Å². The molecule has 2 aromatic carbocycles. The summed E-state index contributed by atoms with van der Waals surface area (Å²) in [6.45, 7) is 4.61. The van der Waals surface area contributed by atoms with Gasteiger partial charge in [0.1, 0.15) is 24.0 Å². The predicted octanol–water partition coefficient (Wildman–Crippen LogP) is 4.85. The monoisotopic (exact) mass is 452 g/mol. The van der Waals surface area contributed by atoms with E-state index < -0.39 is 17.5 Å². The van der Waals surface area contributed by atoms with Gasteiger partial charge in [0.2, 0.25) is 5.91 Å². The van der Waals surface area contributed by atoms with E-state index >= 15 is 0 Å². The fraction of sp³-hybridized carbons (Fsp3) is 0.250. The first-order valence-electron chi connectivity index (χ1n) is 9.06. The second-order valence-electron chi connectivity index (χ2n) is 6.30. The van der Waals surface area contributed by atoms with Gasteiger partial charge in [-0.05, 0) is 49.7 Å². The number of anilines is 1. The van der Waals surface area contributed by atoms with Gasteiger partial charge in [0, 0.05) is 17.6 Å². The summed E-state index contributed by atoms with van der Waals surface area (Å²) >= 11 is 7.18. The lowest BCUT2D eigenvalue weighted by Gasteiger charge is -2.10. The van der Waals surface area contributed by atoms with Crippen molar-refractivity contribution >= 4 is 35.0 Å². The molecule has 0 spiro atoms. The maximum atomic E-state index is 13.7. The van der Waals surface area contributed by atoms with Crippen LogP contribution in [0.3, 0.4) is 0 Å². The first kappa shape index (κ1) is 22.0. The quantitative estimate of drug-likeness (QED) is 0.495. The number of hydrogen-bond acceptors (Lipinski definition) is 5. The predicted molar refractivity (Wildman–Crippen MR) is 112 cm³/mol. The average molecular weight is 453 g/mol. The molecule has 1 heterocycles. The molecule has 0 bridgehead atoms. The van der Waals surface area contributed by atoms with Gasteiger partial charge in [0.05, 0.1) is 11.4 Å². The number of carbonyl (C=O) groups is 1. The van der Waals surface area contributed by atoms with Crippen molar-refractivity contribution in [3.63, 3.8) is 0 Å². The summed E-state index contributed by atoms with van der Waals surface area (Å²) < 4.78 is 34.2. The van der Waals surface area contributed by atoms with E-state index in [1.807, 2.05) is 24.5 Å². The molecule has 0 aliphatic heterocycles. The Balaban J connectivity index is 1.59. The van der Waals surface area contributed by atoms with Crippen LogP contribution in [0.25, 0.3) is 0 Å². The lowest BCUT2D eigenvalue weighted by atomic mass is 10.2. The summed E-state index contributed by atoms with van der Waals surface area (Å²) in [5, 5.41) is 11.9. The lowest BCUT2D eigenvalue weighted by molar-refractivity contribution is -0.113. The van der Waals surface area contributed by atoms with Crippen molar-refractivity contribution in [3.05, 3.63) is 64.4 Å². The van der Waals surface area contributed by atoms with Gasteiger partial charge in [0.15, 0.2) is 11.0 Å². The zero-order valence-electron chi connectivity index (χ0n) is 16.3. The minimum atomic E-state index is -0.832. The molecule has 0 unspecified atom stereocenters. The molecule has 1 amide bonds. The van der Waals surface area contributed by atoms with E-state index in [9.17, 15) is 13.6 Å². The summed E-state index contributed by atoms with van der Waals surface area (Å²) in [5.41, 5.74) is 0.831. The van der Waals surface area contributed by atoms with Crippen LogP contribution in [0.15, 0.2) is 41.6 Å². The van der Waals surface area contributed by atoms with E-state index in [1.54, 1.807) is 12.1 Å². The second-order valence-corrected chi connectivity index (χ2v) is 7.65. The van der Waals surface area contributed by atoms with Crippen molar-refractivity contribution in [2.75, 3.05) is 11.1 Å². The van der Waals surface area contributed by atoms with Crippen LogP contribution in [-0.4, -0.2) is 26.4 Å². The number of ether oxygens (including phenoxy) is 1. The molecule has 6 nitrogen and oxygen atoms in total. The van der Waals surface area contributed by atoms with Crippen molar-refractivity contribution in [1.29, 1.82) is 0 Å². The van der Waals surface area contributed by atoms with E-state index in [2.05, 4.69) is 15.5 Å². The standard InChI is InChI=1S/C20H19ClF2N4O2S/c1-3-27-18(10-29-14-5-6-15(21)12(2)8-14)25-26-20(27)30-11-19(28)24-17-7-4-13(22)9-16(17)23/h4-9H,3,10-11H2,1-2H3,(H,24,28). The van der Waals surface area contributed by atoms with Crippen LogP contribution in [0.4, 0.5) is 14.5 Å². The van der Waals surface area contributed by atoms with Crippen LogP contribution in [0.2, 0.25) is 5.02 Å². The number of halogens is 3. The highest BCUT2D eigenvalue weighted by Gasteiger charge is 2.15. The third-order valence-corrected chi connectivity index (χ3v) is 5.54. The molecule has 1 N–H and O–H groups in total. The minimum absolute atomic E-state index is 0.00775. The number of rotatable bonds is 8. The molecule has 158 valence electrons. The van der Waals surface area contributed by atoms with Crippen LogP contribution in [0.5, 0.6) is 5.75 Å². The SMILES string of the molecule is CCn1c(COc2ccc(Cl)c(C)c2)nnc1SCC(=O)Nc1ccc(F)cc1F. The Kier molecular flexibility index (Phi) is 7.28. The molecular weight excluding hydrogens is 434 g/mol. The van der Waals surface area contributed by atoms with Gasteiger partial charge in [-0.1, -0.05) is 23.4 Å². The molecule has 0 fully saturated rings. The number of thioether (sulfide) groups is 1. The maximum absolute atomic E-state index is 13.7. The summed E-state index contributed by atoms with van der Waals surface area (Å²) in [6, 6.07) is 8.34. The largest absolute Gasteiger partial charge is 0.486 e. The number of hydrogen-bond donors (Lipinski definition) is 1. The van der Waals surface area contributed by atoms with Crippen molar-refractivity contribution < 1.29 is 18.3 Å². The Hall–Kier alpha value is -2.65. The third-order valence-electron chi connectivity index (χ3n) is 4.14. The van der Waals surface area contributed by atoms with Gasteiger partial charge in [0.25, 0.3) is 0 Å². The van der Waals surface area contributed by atoms with Gasteiger partial charge in [-0.25, -0.2) is 8.78 Å². The van der Waals surface area contributed by atoms with Gasteiger partial charge in [-0.3, -0.25) is 4.79 Å². The Bertz CT molecular complexity index is 1060. The first-order chi connectivity index (χ1) is 14.4. The lowest BCUT2D eigenvalue weighted by Crippen LogP contribution is -2.16. The van der Waals surface area contributed by atoms with Gasteiger partial charge in [-0.15, -0.1) is 10.2 Å². The molecule has 0 atom stereocenters. The summed E-state index contributed by atoms with van der Waals surface area (Å²) in [6.07, 6.45) is 0. The van der Waals surface area contributed by atoms with E-state index in [4.69, 9.17) is 16.3 Å². The second kappa shape index (κ2) is 9.90. The highest BCUT2D eigenvalue weighted by Crippen LogP contribution is 2.23. The summed E-state index contributed by atoms with van der Waals surface area (Å²) in [5.74, 6) is -0.714. The normalized spacial score (nSPS) is 10.8. The number of nitrogens with zero attached hydrogens (tertiary/aromatic N) is 3. The van der Waals surface area contributed by atoms with Crippen LogP contribution >= 0.6 is 23.4 Å². The smallest absolute Gasteiger partial charge is 0.234 e. The first-order valence-corrected chi connectivity index (χ1v) is 10.4. The Morgan fingerprint density at radius 2 is 2.03 bits per heavy atom. The highest BCUT2D eigenvalue weighted by atomic mass is 35.5. The van der Waals surface area contributed by atoms with Gasteiger partial charge < -0.3 is 14.6 Å². The van der Waals surface area contributed by atoms with Gasteiger partial charge in [-0.2, -0.15) is 0 Å². The number of aryl methyl sites for hydroxylation is 1. The van der Waals surface area contributed by atoms with E-state index in [0.29, 0.717) is 34.4 Å². The van der Waals surface area contributed by atoms with Crippen LogP contribution in [-0.2, 0) is 17.9 Å². The molecule has 0 aliphatic rings. The molecule has 0 radical (unpaired) electrons. The molecule has 0 aliphatic carbocycles. The Labute approximate surface area is 181 Å². The fourth-order valence-corrected chi connectivity index (χ4v) is 3.55. The van der Waals surface area contributed by atoms with Crippen LogP contribution < -0.4 is 10.1 Å². The zero-order valence-corrected chi connectivity index (χ0v) is 17.9. The topological polar surface area (TPSA) is 69.0 Å². The van der Waals surface area contributed by atoms with E-state index in [1.165, 1.54) is 6.07 Å². The van der Waals surface area contributed by atoms with Crippen LogP contribution in [0, 0.1) is 18.6 Å². The van der Waals surface area contributed by atoms with Crippen molar-refractivity contribution in [2.24, 2.45) is 0 Å². The van der Waals surface area contributed by atoms with Crippen LogP contribution in [0.1, 0.15) is 18.3 Å². The number of aromatic nitrogens is 3. The molecule has 0 saturated carbocycles. The number of benzene rings is 2. The summed E-state index contributed by atoms with van der Waals surface area (Å²) in [4.78, 5) is 12.1. The molecule has 0 saturated heterocycles. The molecule has 3 aromatic rings. The fourth-order valence-electron chi connectivity index (χ4n) is 2.61. The van der Waals surface area contributed by atoms with Crippen molar-refractivity contribution in [1.82, 2.24) is 14.8 Å². The third kappa shape index (κ3) is 5.48. The average Bonchev–Trinajstić information content (AvgIpc) is 3.11. The zero-order chi connectivity index (χ0) is 21.7. The summed E-state index contributed by atoms with van der Waals surface area (Å²) in [7, 11) is 0. The molecule has 30 heavy (non-hydrogen) atoms. The van der Waals surface area contributed by atoms with E-state index in [-0.39, 0.29) is 18.0 Å². The highest BCUT2D eigenvalue weighted by molar-refractivity contribution is 7.99. The number of nitrogens with one attached hydrogen (secondary N) is 1. The molecular formula is C20H19ClF2N4O2S. The Morgan fingerprint density at radius 1 is 1.23 bits per heavy atom.